The molecule has 1 atom stereocenters. The van der Waals surface area contributed by atoms with E-state index in [1.54, 1.807) is 6.07 Å². The summed E-state index contributed by atoms with van der Waals surface area (Å²) >= 11 is 2.80. The number of carbonyl (C=O) groups excluding carboxylic acids is 3. The first kappa shape index (κ1) is 17.8. The van der Waals surface area contributed by atoms with Crippen LogP contribution in [-0.2, 0) is 19.1 Å². The maximum absolute atomic E-state index is 12.3. The van der Waals surface area contributed by atoms with Gasteiger partial charge in [-0.2, -0.15) is 0 Å². The third-order valence-electron chi connectivity index (χ3n) is 3.84. The molecular weight excluding hydrogens is 362 g/mol. The molecule has 0 spiro atoms. The van der Waals surface area contributed by atoms with Crippen molar-refractivity contribution in [3.8, 4) is 0 Å². The Hall–Kier alpha value is -2.06. The molecule has 1 fully saturated rings. The average Bonchev–Trinajstić information content (AvgIpc) is 3.09. The highest BCUT2D eigenvalue weighted by Gasteiger charge is 2.30. The molecule has 1 aliphatic rings. The van der Waals surface area contributed by atoms with Crippen molar-refractivity contribution in [3.05, 3.63) is 35.2 Å². The second-order valence-electron chi connectivity index (χ2n) is 5.45. The zero-order valence-electron chi connectivity index (χ0n) is 13.6. The van der Waals surface area contributed by atoms with Crippen LogP contribution >= 0.6 is 23.1 Å². The predicted molar refractivity (Wildman–Crippen MR) is 96.9 cm³/mol. The van der Waals surface area contributed by atoms with Crippen LogP contribution in [0.2, 0.25) is 0 Å². The van der Waals surface area contributed by atoms with Crippen molar-refractivity contribution in [2.24, 2.45) is 0 Å². The van der Waals surface area contributed by atoms with Gasteiger partial charge in [0.25, 0.3) is 5.91 Å². The van der Waals surface area contributed by atoms with Crippen molar-refractivity contribution in [2.75, 3.05) is 32.6 Å². The van der Waals surface area contributed by atoms with Crippen LogP contribution in [0.4, 0.5) is 0 Å². The average molecular weight is 379 g/mol. The van der Waals surface area contributed by atoms with E-state index < -0.39 is 5.97 Å². The van der Waals surface area contributed by atoms with E-state index in [0.717, 1.165) is 10.1 Å². The first-order chi connectivity index (χ1) is 12.1. The van der Waals surface area contributed by atoms with Gasteiger partial charge in [-0.25, -0.2) is 4.79 Å². The molecule has 0 unspecified atom stereocenters. The molecule has 2 aromatic rings. The number of ether oxygens (including phenoxy) is 2. The van der Waals surface area contributed by atoms with Crippen molar-refractivity contribution in [2.45, 2.75) is 5.25 Å². The number of methoxy groups -OCH3 is 1. The lowest BCUT2D eigenvalue weighted by molar-refractivity contribution is -0.141. The van der Waals surface area contributed by atoms with Crippen LogP contribution in [0.1, 0.15) is 9.67 Å². The fourth-order valence-electron chi connectivity index (χ4n) is 2.52. The van der Waals surface area contributed by atoms with Crippen LogP contribution in [0.5, 0.6) is 0 Å². The van der Waals surface area contributed by atoms with Crippen LogP contribution in [0.3, 0.4) is 0 Å². The fraction of sp³-hybridized carbons (Fsp3) is 0.353. The van der Waals surface area contributed by atoms with Crippen molar-refractivity contribution >= 4 is 51.0 Å². The van der Waals surface area contributed by atoms with E-state index in [9.17, 15) is 14.4 Å². The first-order valence-corrected chi connectivity index (χ1v) is 9.58. The van der Waals surface area contributed by atoms with Crippen molar-refractivity contribution in [3.63, 3.8) is 0 Å². The Morgan fingerprint density at radius 3 is 2.84 bits per heavy atom. The van der Waals surface area contributed by atoms with Crippen molar-refractivity contribution in [1.29, 1.82) is 0 Å². The summed E-state index contributed by atoms with van der Waals surface area (Å²) in [5, 5.41) is 0.584. The molecule has 0 bridgehead atoms. The molecule has 6 nitrogen and oxygen atoms in total. The molecule has 0 N–H and O–H groups in total. The van der Waals surface area contributed by atoms with Gasteiger partial charge in [0.05, 0.1) is 7.11 Å². The van der Waals surface area contributed by atoms with Crippen LogP contribution in [-0.4, -0.2) is 60.6 Å². The van der Waals surface area contributed by atoms with Gasteiger partial charge in [0.2, 0.25) is 0 Å². The molecule has 1 amide bonds. The van der Waals surface area contributed by atoms with E-state index in [1.165, 1.54) is 35.1 Å². The Kier molecular flexibility index (Phi) is 5.60. The van der Waals surface area contributed by atoms with Gasteiger partial charge in [0.15, 0.2) is 6.61 Å². The number of carbonyl (C=O) groups is 3. The third kappa shape index (κ3) is 4.13. The number of thioether (sulfide) groups is 1. The molecule has 132 valence electrons. The second-order valence-corrected chi connectivity index (χ2v) is 7.84. The zero-order chi connectivity index (χ0) is 17.8. The summed E-state index contributed by atoms with van der Waals surface area (Å²) in [4.78, 5) is 38.0. The lowest BCUT2D eigenvalue weighted by atomic mass is 10.2. The summed E-state index contributed by atoms with van der Waals surface area (Å²) in [6.07, 6.45) is 0. The maximum atomic E-state index is 12.3. The van der Waals surface area contributed by atoms with Crippen molar-refractivity contribution in [1.82, 2.24) is 4.90 Å². The summed E-state index contributed by atoms with van der Waals surface area (Å²) in [6, 6.07) is 9.42. The number of rotatable bonds is 4. The standard InChI is InChI=1S/C17H17NO5S2/c1-22-16(20)14-9-18(6-7-24-14)15(19)10-23-17(21)13-8-11-4-2-3-5-12(11)25-13/h2-5,8,14H,6-7,9-10H2,1H3/t14-/m1/s1. The minimum atomic E-state index is -0.509. The highest BCUT2D eigenvalue weighted by Crippen LogP contribution is 2.26. The molecule has 1 saturated heterocycles. The monoisotopic (exact) mass is 379 g/mol. The third-order valence-corrected chi connectivity index (χ3v) is 6.09. The SMILES string of the molecule is COC(=O)[C@H]1CN(C(=O)COC(=O)c2cc3ccccc3s2)CCS1. The lowest BCUT2D eigenvalue weighted by Gasteiger charge is -2.30. The lowest BCUT2D eigenvalue weighted by Crippen LogP contribution is -2.46. The Bertz CT molecular complexity index is 770. The van der Waals surface area contributed by atoms with Gasteiger partial charge in [-0.05, 0) is 17.5 Å². The molecule has 8 heteroatoms. The molecule has 2 heterocycles. The number of benzene rings is 1. The Balaban J connectivity index is 1.56. The Labute approximate surface area is 153 Å². The predicted octanol–water partition coefficient (Wildman–Crippen LogP) is 2.18. The zero-order valence-corrected chi connectivity index (χ0v) is 15.2. The molecule has 1 aliphatic heterocycles. The van der Waals surface area contributed by atoms with E-state index in [0.29, 0.717) is 17.2 Å². The van der Waals surface area contributed by atoms with Gasteiger partial charge in [-0.1, -0.05) is 18.2 Å². The number of amides is 1. The molecule has 0 radical (unpaired) electrons. The molecular formula is C17H17NO5S2. The molecule has 25 heavy (non-hydrogen) atoms. The molecule has 1 aromatic carbocycles. The Morgan fingerprint density at radius 2 is 2.08 bits per heavy atom. The number of hydrogen-bond acceptors (Lipinski definition) is 7. The minimum absolute atomic E-state index is 0.274. The number of hydrogen-bond donors (Lipinski definition) is 0. The molecule has 0 aliphatic carbocycles. The second kappa shape index (κ2) is 7.88. The van der Waals surface area contributed by atoms with Crippen LogP contribution < -0.4 is 0 Å². The normalized spacial score (nSPS) is 17.3. The summed E-state index contributed by atoms with van der Waals surface area (Å²) in [5.41, 5.74) is 0. The van der Waals surface area contributed by atoms with Gasteiger partial charge in [0, 0.05) is 23.5 Å². The summed E-state index contributed by atoms with van der Waals surface area (Å²) in [6.45, 7) is 0.472. The quantitative estimate of drug-likeness (QED) is 0.758. The summed E-state index contributed by atoms with van der Waals surface area (Å²) in [5.74, 6) is -0.505. The van der Waals surface area contributed by atoms with Crippen LogP contribution in [0.15, 0.2) is 30.3 Å². The van der Waals surface area contributed by atoms with E-state index in [1.807, 2.05) is 24.3 Å². The topological polar surface area (TPSA) is 72.9 Å². The van der Waals surface area contributed by atoms with Gasteiger partial charge in [-0.15, -0.1) is 23.1 Å². The largest absolute Gasteiger partial charge is 0.468 e. The van der Waals surface area contributed by atoms with Crippen LogP contribution in [0.25, 0.3) is 10.1 Å². The van der Waals surface area contributed by atoms with Gasteiger partial charge >= 0.3 is 11.9 Å². The van der Waals surface area contributed by atoms with E-state index in [2.05, 4.69) is 0 Å². The number of nitrogens with zero attached hydrogens (tertiary/aromatic N) is 1. The van der Waals surface area contributed by atoms with Gasteiger partial charge < -0.3 is 14.4 Å². The number of esters is 2. The van der Waals surface area contributed by atoms with Crippen molar-refractivity contribution < 1.29 is 23.9 Å². The molecule has 1 aromatic heterocycles. The fourth-order valence-corrected chi connectivity index (χ4v) is 4.61. The van der Waals surface area contributed by atoms with E-state index >= 15 is 0 Å². The van der Waals surface area contributed by atoms with E-state index in [-0.39, 0.29) is 30.3 Å². The summed E-state index contributed by atoms with van der Waals surface area (Å²) < 4.78 is 10.9. The number of fused-ring (bicyclic) bond motifs is 1. The van der Waals surface area contributed by atoms with Gasteiger partial charge in [-0.3, -0.25) is 9.59 Å². The highest BCUT2D eigenvalue weighted by atomic mass is 32.2. The highest BCUT2D eigenvalue weighted by molar-refractivity contribution is 8.00. The maximum Gasteiger partial charge on any atom is 0.348 e. The van der Waals surface area contributed by atoms with E-state index in [4.69, 9.17) is 9.47 Å². The molecule has 3 rings (SSSR count). The molecule has 0 saturated carbocycles. The summed E-state index contributed by atoms with van der Waals surface area (Å²) in [7, 11) is 1.33. The Morgan fingerprint density at radius 1 is 1.28 bits per heavy atom. The smallest absolute Gasteiger partial charge is 0.348 e. The van der Waals surface area contributed by atoms with Crippen LogP contribution in [0, 0.1) is 0 Å². The van der Waals surface area contributed by atoms with Gasteiger partial charge in [0.1, 0.15) is 10.1 Å². The minimum Gasteiger partial charge on any atom is -0.468 e. The number of thiophene rings is 1. The first-order valence-electron chi connectivity index (χ1n) is 7.71.